The summed E-state index contributed by atoms with van der Waals surface area (Å²) in [6.45, 7) is 0.407. The van der Waals surface area contributed by atoms with Gasteiger partial charge in [-0.05, 0) is 55.7 Å². The highest BCUT2D eigenvalue weighted by Crippen LogP contribution is 2.23. The molecule has 1 aromatic heterocycles. The predicted octanol–water partition coefficient (Wildman–Crippen LogP) is 4.49. The van der Waals surface area contributed by atoms with Gasteiger partial charge in [-0.1, -0.05) is 87.1 Å². The molecule has 0 radical (unpaired) electrons. The number of hydrogen-bond donors (Lipinski definition) is 5. The average molecular weight is 642 g/mol. The van der Waals surface area contributed by atoms with E-state index in [9.17, 15) is 24.0 Å². The van der Waals surface area contributed by atoms with E-state index in [0.29, 0.717) is 18.2 Å². The number of Topliss-reactive ketones (excluding diaryl/α,β-unsaturated/α-hetero) is 1. The Morgan fingerprint density at radius 1 is 0.766 bits per heavy atom. The number of aromatic amines is 1. The SMILES string of the molecule is O=C(CC[C@H](NC(=O)[C@H](Cc1ccccc1)NC(=O)c1cc2ccccc2[nH]1)C(=O)C(=O)NCC1CCCCC1)NC1CCCCC1. The van der Waals surface area contributed by atoms with Crippen LogP contribution in [0.25, 0.3) is 10.9 Å². The Hall–Kier alpha value is -4.47. The van der Waals surface area contributed by atoms with Crippen LogP contribution in [0.15, 0.2) is 60.7 Å². The number of hydrogen-bond acceptors (Lipinski definition) is 5. The lowest BCUT2D eigenvalue weighted by atomic mass is 9.89. The van der Waals surface area contributed by atoms with E-state index >= 15 is 0 Å². The molecule has 5 N–H and O–H groups in total. The Morgan fingerprint density at radius 3 is 2.17 bits per heavy atom. The van der Waals surface area contributed by atoms with Gasteiger partial charge < -0.3 is 26.3 Å². The van der Waals surface area contributed by atoms with Gasteiger partial charge in [-0.2, -0.15) is 0 Å². The lowest BCUT2D eigenvalue weighted by Crippen LogP contribution is -2.55. The molecule has 4 amide bonds. The molecule has 2 aromatic carbocycles. The highest BCUT2D eigenvalue weighted by molar-refractivity contribution is 6.38. The van der Waals surface area contributed by atoms with Gasteiger partial charge in [0.2, 0.25) is 17.6 Å². The number of nitrogens with one attached hydrogen (secondary N) is 5. The highest BCUT2D eigenvalue weighted by atomic mass is 16.2. The molecule has 0 bridgehead atoms. The number of ketones is 1. The Bertz CT molecular complexity index is 1490. The molecule has 47 heavy (non-hydrogen) atoms. The van der Waals surface area contributed by atoms with Crippen molar-refractivity contribution in [2.45, 2.75) is 102 Å². The van der Waals surface area contributed by atoms with Gasteiger partial charge in [0.05, 0.1) is 6.04 Å². The number of benzene rings is 2. The van der Waals surface area contributed by atoms with Crippen LogP contribution in [0.4, 0.5) is 0 Å². The smallest absolute Gasteiger partial charge is 0.289 e. The molecule has 10 heteroatoms. The zero-order valence-corrected chi connectivity index (χ0v) is 27.0. The van der Waals surface area contributed by atoms with E-state index in [1.807, 2.05) is 54.6 Å². The van der Waals surface area contributed by atoms with E-state index in [4.69, 9.17) is 0 Å². The minimum absolute atomic E-state index is 0.0200. The van der Waals surface area contributed by atoms with Crippen molar-refractivity contribution in [1.82, 2.24) is 26.3 Å². The first-order valence-corrected chi connectivity index (χ1v) is 17.2. The minimum Gasteiger partial charge on any atom is -0.353 e. The van der Waals surface area contributed by atoms with E-state index in [-0.39, 0.29) is 31.2 Å². The molecule has 0 saturated heterocycles. The summed E-state index contributed by atoms with van der Waals surface area (Å²) in [5.41, 5.74) is 1.90. The van der Waals surface area contributed by atoms with Crippen LogP contribution in [-0.2, 0) is 25.6 Å². The zero-order valence-electron chi connectivity index (χ0n) is 27.0. The van der Waals surface area contributed by atoms with E-state index < -0.39 is 35.6 Å². The fraction of sp³-hybridized carbons (Fsp3) is 0.486. The van der Waals surface area contributed by atoms with Gasteiger partial charge in [0, 0.05) is 36.3 Å². The number of aromatic nitrogens is 1. The summed E-state index contributed by atoms with van der Waals surface area (Å²) in [5.74, 6) is -2.53. The van der Waals surface area contributed by atoms with E-state index in [0.717, 1.165) is 74.3 Å². The normalized spacial score (nSPS) is 16.9. The molecule has 10 nitrogen and oxygen atoms in total. The van der Waals surface area contributed by atoms with E-state index in [1.165, 1.54) is 6.42 Å². The molecule has 2 saturated carbocycles. The molecular weight excluding hydrogens is 594 g/mol. The number of amides is 4. The second-order valence-electron chi connectivity index (χ2n) is 13.1. The summed E-state index contributed by atoms with van der Waals surface area (Å²) in [6, 6.07) is 16.3. The zero-order chi connectivity index (χ0) is 33.0. The maximum Gasteiger partial charge on any atom is 0.289 e. The number of carbonyl (C=O) groups excluding carboxylic acids is 5. The predicted molar refractivity (Wildman–Crippen MR) is 180 cm³/mol. The van der Waals surface area contributed by atoms with Crippen molar-refractivity contribution >= 4 is 40.3 Å². The van der Waals surface area contributed by atoms with Crippen LogP contribution in [0.2, 0.25) is 0 Å². The fourth-order valence-corrected chi connectivity index (χ4v) is 6.73. The first-order valence-electron chi connectivity index (χ1n) is 17.2. The fourth-order valence-electron chi connectivity index (χ4n) is 6.73. The largest absolute Gasteiger partial charge is 0.353 e. The van der Waals surface area contributed by atoms with Crippen LogP contribution < -0.4 is 21.3 Å². The number of carbonyl (C=O) groups is 5. The molecule has 5 rings (SSSR count). The Kier molecular flexibility index (Phi) is 12.2. The van der Waals surface area contributed by atoms with Crippen LogP contribution in [-0.4, -0.2) is 59.1 Å². The maximum atomic E-state index is 13.9. The Balaban J connectivity index is 1.29. The van der Waals surface area contributed by atoms with Gasteiger partial charge in [0.25, 0.3) is 11.8 Å². The second kappa shape index (κ2) is 16.9. The highest BCUT2D eigenvalue weighted by Gasteiger charge is 2.32. The average Bonchev–Trinajstić information content (AvgIpc) is 3.54. The molecule has 0 spiro atoms. The lowest BCUT2D eigenvalue weighted by Gasteiger charge is -2.25. The number of fused-ring (bicyclic) bond motifs is 1. The molecule has 1 heterocycles. The molecule has 2 fully saturated rings. The molecule has 2 atom stereocenters. The summed E-state index contributed by atoms with van der Waals surface area (Å²) in [6.07, 6.45) is 10.7. The van der Waals surface area contributed by atoms with Gasteiger partial charge in [-0.3, -0.25) is 24.0 Å². The molecule has 3 aromatic rings. The number of H-pyrrole nitrogens is 1. The molecule has 2 aliphatic rings. The van der Waals surface area contributed by atoms with Gasteiger partial charge in [0.15, 0.2) is 0 Å². The Labute approximate surface area is 276 Å². The van der Waals surface area contributed by atoms with Crippen molar-refractivity contribution < 1.29 is 24.0 Å². The van der Waals surface area contributed by atoms with Gasteiger partial charge in [-0.25, -0.2) is 0 Å². The monoisotopic (exact) mass is 641 g/mol. The quantitative estimate of drug-likeness (QED) is 0.165. The summed E-state index contributed by atoms with van der Waals surface area (Å²) in [5, 5.41) is 12.3. The van der Waals surface area contributed by atoms with Crippen molar-refractivity contribution in [3.8, 4) is 0 Å². The summed E-state index contributed by atoms with van der Waals surface area (Å²) < 4.78 is 0. The van der Waals surface area contributed by atoms with E-state index in [2.05, 4.69) is 26.3 Å². The third-order valence-corrected chi connectivity index (χ3v) is 9.44. The number of para-hydroxylation sites is 1. The first kappa shape index (κ1) is 33.9. The molecule has 2 aliphatic carbocycles. The van der Waals surface area contributed by atoms with Crippen molar-refractivity contribution in [3.05, 3.63) is 71.9 Å². The van der Waals surface area contributed by atoms with Crippen molar-refractivity contribution in [3.63, 3.8) is 0 Å². The van der Waals surface area contributed by atoms with Crippen molar-refractivity contribution in [2.75, 3.05) is 6.54 Å². The van der Waals surface area contributed by atoms with E-state index in [1.54, 1.807) is 6.07 Å². The third-order valence-electron chi connectivity index (χ3n) is 9.44. The van der Waals surface area contributed by atoms with Crippen molar-refractivity contribution in [2.24, 2.45) is 5.92 Å². The lowest BCUT2D eigenvalue weighted by molar-refractivity contribution is -0.140. The van der Waals surface area contributed by atoms with Gasteiger partial charge in [0.1, 0.15) is 11.7 Å². The van der Waals surface area contributed by atoms with Crippen LogP contribution in [0.3, 0.4) is 0 Å². The third kappa shape index (κ3) is 10.0. The molecule has 0 unspecified atom stereocenters. The summed E-state index contributed by atoms with van der Waals surface area (Å²) in [7, 11) is 0. The van der Waals surface area contributed by atoms with Crippen LogP contribution in [0.5, 0.6) is 0 Å². The van der Waals surface area contributed by atoms with Gasteiger partial charge in [-0.15, -0.1) is 0 Å². The minimum atomic E-state index is -1.23. The van der Waals surface area contributed by atoms with Crippen LogP contribution in [0, 0.1) is 5.92 Å². The van der Waals surface area contributed by atoms with Crippen molar-refractivity contribution in [1.29, 1.82) is 0 Å². The molecular formula is C37H47N5O5. The number of rotatable bonds is 14. The summed E-state index contributed by atoms with van der Waals surface area (Å²) in [4.78, 5) is 69.8. The van der Waals surface area contributed by atoms with Crippen LogP contribution in [0.1, 0.15) is 93.1 Å². The van der Waals surface area contributed by atoms with Crippen LogP contribution >= 0.6 is 0 Å². The topological polar surface area (TPSA) is 149 Å². The van der Waals surface area contributed by atoms with Gasteiger partial charge >= 0.3 is 0 Å². The standard InChI is InChI=1S/C37H47N5O5/c43-33(39-28-17-8-3-9-18-28)21-20-30(34(44)37(47)38-24-26-14-6-2-7-15-26)41-35(45)31(22-25-12-4-1-5-13-25)42-36(46)32-23-27-16-10-11-19-29(27)40-32/h1,4-5,10-13,16,19,23,26,28,30-31,40H,2-3,6-9,14-15,17-18,20-22,24H2,(H,38,47)(H,39,43)(H,41,45)(H,42,46)/t30-,31-/m0/s1. The summed E-state index contributed by atoms with van der Waals surface area (Å²) >= 11 is 0. The second-order valence-corrected chi connectivity index (χ2v) is 13.1. The molecule has 250 valence electrons. The maximum absolute atomic E-state index is 13.9. The Morgan fingerprint density at radius 2 is 1.45 bits per heavy atom. The molecule has 0 aliphatic heterocycles. The first-order chi connectivity index (χ1) is 22.9.